The Kier molecular flexibility index (Phi) is 3.64. The van der Waals surface area contributed by atoms with Crippen molar-refractivity contribution in [3.05, 3.63) is 11.8 Å². The van der Waals surface area contributed by atoms with Gasteiger partial charge in [0.25, 0.3) is 0 Å². The van der Waals surface area contributed by atoms with Crippen molar-refractivity contribution in [1.82, 2.24) is 5.16 Å². The fraction of sp³-hybridized carbons (Fsp3) is 0.583. The molecule has 1 aromatic heterocycles. The lowest BCUT2D eigenvalue weighted by atomic mass is 9.81. The molecule has 1 saturated carbocycles. The zero-order chi connectivity index (χ0) is 13.1. The summed E-state index contributed by atoms with van der Waals surface area (Å²) >= 11 is 0. The molecule has 98 valence electrons. The highest BCUT2D eigenvalue weighted by Gasteiger charge is 2.29. The number of carbonyl (C=O) groups is 2. The van der Waals surface area contributed by atoms with E-state index in [0.717, 1.165) is 0 Å². The SMILES string of the molecule is Cc1cc(NC(=O)C2CCC(C(=O)O)CC2)no1. The van der Waals surface area contributed by atoms with E-state index in [-0.39, 0.29) is 17.7 Å². The molecule has 1 heterocycles. The van der Waals surface area contributed by atoms with E-state index >= 15 is 0 Å². The molecule has 1 aliphatic rings. The Hall–Kier alpha value is -1.85. The number of aromatic nitrogens is 1. The number of rotatable bonds is 3. The Morgan fingerprint density at radius 3 is 2.44 bits per heavy atom. The van der Waals surface area contributed by atoms with E-state index < -0.39 is 5.97 Å². The second-order valence-corrected chi connectivity index (χ2v) is 4.70. The van der Waals surface area contributed by atoms with Gasteiger partial charge in [-0.1, -0.05) is 5.16 Å². The number of hydrogen-bond donors (Lipinski definition) is 2. The molecule has 1 fully saturated rings. The number of carbonyl (C=O) groups excluding carboxylic acids is 1. The Labute approximate surface area is 104 Å². The Balaban J connectivity index is 1.86. The normalized spacial score (nSPS) is 23.6. The molecule has 0 bridgehead atoms. The quantitative estimate of drug-likeness (QED) is 0.855. The van der Waals surface area contributed by atoms with Crippen LogP contribution in [-0.2, 0) is 9.59 Å². The smallest absolute Gasteiger partial charge is 0.306 e. The van der Waals surface area contributed by atoms with Gasteiger partial charge in [0.15, 0.2) is 5.82 Å². The summed E-state index contributed by atoms with van der Waals surface area (Å²) in [6.45, 7) is 1.75. The standard InChI is InChI=1S/C12H16N2O4/c1-7-6-10(14-18-7)13-11(15)8-2-4-9(5-3-8)12(16)17/h6,8-9H,2-5H2,1H3,(H,16,17)(H,13,14,15). The van der Waals surface area contributed by atoms with Crippen molar-refractivity contribution in [2.45, 2.75) is 32.6 Å². The molecule has 2 N–H and O–H groups in total. The van der Waals surface area contributed by atoms with E-state index in [2.05, 4.69) is 10.5 Å². The average Bonchev–Trinajstić information content (AvgIpc) is 2.75. The third-order valence-corrected chi connectivity index (χ3v) is 3.33. The number of nitrogens with one attached hydrogen (secondary N) is 1. The fourth-order valence-corrected chi connectivity index (χ4v) is 2.26. The minimum Gasteiger partial charge on any atom is -0.481 e. The zero-order valence-electron chi connectivity index (χ0n) is 10.2. The largest absolute Gasteiger partial charge is 0.481 e. The number of carboxylic acids is 1. The first-order chi connectivity index (χ1) is 8.56. The molecule has 0 unspecified atom stereocenters. The van der Waals surface area contributed by atoms with E-state index in [1.807, 2.05) is 0 Å². The summed E-state index contributed by atoms with van der Waals surface area (Å²) in [5, 5.41) is 15.3. The molecule has 1 aliphatic carbocycles. The second kappa shape index (κ2) is 5.20. The van der Waals surface area contributed by atoms with Crippen LogP contribution in [0.3, 0.4) is 0 Å². The summed E-state index contributed by atoms with van der Waals surface area (Å²) in [6, 6.07) is 1.65. The highest BCUT2D eigenvalue weighted by Crippen LogP contribution is 2.29. The molecular weight excluding hydrogens is 236 g/mol. The lowest BCUT2D eigenvalue weighted by Gasteiger charge is -2.24. The summed E-state index contributed by atoms with van der Waals surface area (Å²) in [6.07, 6.45) is 2.34. The van der Waals surface area contributed by atoms with Crippen LogP contribution in [0.2, 0.25) is 0 Å². The van der Waals surface area contributed by atoms with Gasteiger partial charge in [-0.25, -0.2) is 0 Å². The first-order valence-electron chi connectivity index (χ1n) is 6.03. The molecule has 6 heteroatoms. The lowest BCUT2D eigenvalue weighted by molar-refractivity contribution is -0.143. The van der Waals surface area contributed by atoms with Crippen LogP contribution in [0.4, 0.5) is 5.82 Å². The molecule has 2 rings (SSSR count). The minimum absolute atomic E-state index is 0.105. The highest BCUT2D eigenvalue weighted by atomic mass is 16.5. The summed E-state index contributed by atoms with van der Waals surface area (Å²) < 4.78 is 4.86. The minimum atomic E-state index is -0.763. The van der Waals surface area contributed by atoms with Gasteiger partial charge >= 0.3 is 5.97 Å². The van der Waals surface area contributed by atoms with E-state index in [4.69, 9.17) is 9.63 Å². The Morgan fingerprint density at radius 2 is 1.94 bits per heavy atom. The molecule has 0 radical (unpaired) electrons. The van der Waals surface area contributed by atoms with Gasteiger partial charge in [0.2, 0.25) is 5.91 Å². The second-order valence-electron chi connectivity index (χ2n) is 4.70. The predicted molar refractivity (Wildman–Crippen MR) is 63.0 cm³/mol. The van der Waals surface area contributed by atoms with Gasteiger partial charge in [-0.15, -0.1) is 0 Å². The predicted octanol–water partition coefficient (Wildman–Crippen LogP) is 1.81. The number of carboxylic acid groups (broad SMARTS) is 1. The monoisotopic (exact) mass is 252 g/mol. The highest BCUT2D eigenvalue weighted by molar-refractivity contribution is 5.91. The van der Waals surface area contributed by atoms with Gasteiger partial charge in [-0.2, -0.15) is 0 Å². The van der Waals surface area contributed by atoms with Crippen LogP contribution in [0.1, 0.15) is 31.4 Å². The molecule has 6 nitrogen and oxygen atoms in total. The number of anilines is 1. The van der Waals surface area contributed by atoms with Crippen molar-refractivity contribution in [2.24, 2.45) is 11.8 Å². The van der Waals surface area contributed by atoms with E-state index in [9.17, 15) is 9.59 Å². The van der Waals surface area contributed by atoms with Crippen LogP contribution in [-0.4, -0.2) is 22.1 Å². The molecule has 1 aromatic rings. The molecule has 0 saturated heterocycles. The Morgan fingerprint density at radius 1 is 1.33 bits per heavy atom. The van der Waals surface area contributed by atoms with Gasteiger partial charge in [-0.05, 0) is 32.6 Å². The molecule has 0 spiro atoms. The van der Waals surface area contributed by atoms with E-state index in [1.165, 1.54) is 0 Å². The van der Waals surface area contributed by atoms with Gasteiger partial charge in [0.05, 0.1) is 5.92 Å². The zero-order valence-corrected chi connectivity index (χ0v) is 10.2. The fourth-order valence-electron chi connectivity index (χ4n) is 2.26. The van der Waals surface area contributed by atoms with Crippen molar-refractivity contribution in [3.8, 4) is 0 Å². The lowest BCUT2D eigenvalue weighted by Crippen LogP contribution is -2.29. The average molecular weight is 252 g/mol. The number of amides is 1. The van der Waals surface area contributed by atoms with Gasteiger partial charge in [-0.3, -0.25) is 9.59 Å². The van der Waals surface area contributed by atoms with E-state index in [1.54, 1.807) is 13.0 Å². The van der Waals surface area contributed by atoms with Gasteiger partial charge in [0, 0.05) is 12.0 Å². The van der Waals surface area contributed by atoms with Crippen molar-refractivity contribution < 1.29 is 19.2 Å². The molecular formula is C12H16N2O4. The topological polar surface area (TPSA) is 92.4 Å². The number of aryl methyl sites for hydroxylation is 1. The van der Waals surface area contributed by atoms with Crippen molar-refractivity contribution in [2.75, 3.05) is 5.32 Å². The van der Waals surface area contributed by atoms with Crippen LogP contribution < -0.4 is 5.32 Å². The summed E-state index contributed by atoms with van der Waals surface area (Å²) in [4.78, 5) is 22.7. The van der Waals surface area contributed by atoms with Gasteiger partial charge in [0.1, 0.15) is 5.76 Å². The number of aliphatic carboxylic acids is 1. The molecule has 0 aromatic carbocycles. The van der Waals surface area contributed by atoms with Crippen LogP contribution in [0.25, 0.3) is 0 Å². The van der Waals surface area contributed by atoms with Crippen molar-refractivity contribution >= 4 is 17.7 Å². The maximum Gasteiger partial charge on any atom is 0.306 e. The molecule has 1 amide bonds. The van der Waals surface area contributed by atoms with Crippen molar-refractivity contribution in [1.29, 1.82) is 0 Å². The number of hydrogen-bond acceptors (Lipinski definition) is 4. The number of nitrogens with zero attached hydrogens (tertiary/aromatic N) is 1. The molecule has 0 aliphatic heterocycles. The summed E-state index contributed by atoms with van der Waals surface area (Å²) in [7, 11) is 0. The van der Waals surface area contributed by atoms with Crippen LogP contribution in [0, 0.1) is 18.8 Å². The molecule has 18 heavy (non-hydrogen) atoms. The van der Waals surface area contributed by atoms with Crippen LogP contribution in [0.15, 0.2) is 10.6 Å². The first-order valence-corrected chi connectivity index (χ1v) is 6.03. The third kappa shape index (κ3) is 2.88. The summed E-state index contributed by atoms with van der Waals surface area (Å²) in [5.74, 6) is -0.244. The maximum atomic E-state index is 11.9. The third-order valence-electron chi connectivity index (χ3n) is 3.33. The van der Waals surface area contributed by atoms with E-state index in [0.29, 0.717) is 37.3 Å². The first kappa shape index (κ1) is 12.6. The van der Waals surface area contributed by atoms with Crippen LogP contribution in [0.5, 0.6) is 0 Å². The maximum absolute atomic E-state index is 11.9. The summed E-state index contributed by atoms with van der Waals surface area (Å²) in [5.41, 5.74) is 0. The van der Waals surface area contributed by atoms with Crippen molar-refractivity contribution in [3.63, 3.8) is 0 Å². The Bertz CT molecular complexity index is 447. The van der Waals surface area contributed by atoms with Crippen LogP contribution >= 0.6 is 0 Å². The van der Waals surface area contributed by atoms with Gasteiger partial charge < -0.3 is 14.9 Å². The molecule has 0 atom stereocenters.